The summed E-state index contributed by atoms with van der Waals surface area (Å²) in [5, 5.41) is 14.7. The van der Waals surface area contributed by atoms with Gasteiger partial charge >= 0.3 is 6.01 Å². The molecule has 0 unspecified atom stereocenters. The van der Waals surface area contributed by atoms with Crippen molar-refractivity contribution in [3.05, 3.63) is 32.5 Å². The number of hydrogen-bond donors (Lipinski definition) is 2. The van der Waals surface area contributed by atoms with E-state index >= 15 is 0 Å². The third kappa shape index (κ3) is 3.82. The minimum atomic E-state index is 0.249. The topological polar surface area (TPSA) is 63.0 Å². The lowest BCUT2D eigenvalue weighted by Crippen LogP contribution is -2.11. The minimum Gasteiger partial charge on any atom is -0.406 e. The fourth-order valence-electron chi connectivity index (χ4n) is 1.38. The zero-order chi connectivity index (χ0) is 13.8. The Morgan fingerprint density at radius 3 is 2.58 bits per heavy atom. The molecule has 0 saturated heterocycles. The van der Waals surface area contributed by atoms with Crippen molar-refractivity contribution in [1.82, 2.24) is 15.5 Å². The van der Waals surface area contributed by atoms with Crippen LogP contribution < -0.4 is 10.6 Å². The van der Waals surface area contributed by atoms with Gasteiger partial charge in [-0.3, -0.25) is 0 Å². The Bertz CT molecular complexity index is 553. The van der Waals surface area contributed by atoms with Gasteiger partial charge in [-0.1, -0.05) is 51.2 Å². The second-order valence-corrected chi connectivity index (χ2v) is 5.38. The maximum Gasteiger partial charge on any atom is 0.320 e. The minimum absolute atomic E-state index is 0.249. The summed E-state index contributed by atoms with van der Waals surface area (Å²) in [6.45, 7) is 3.35. The lowest BCUT2D eigenvalue weighted by atomic mass is 10.3. The van der Waals surface area contributed by atoms with Crippen LogP contribution >= 0.6 is 39.1 Å². The SMILES string of the molecule is CCNCc1nnc(Nc2c(Cl)cc(Br)cc2Cl)o1. The van der Waals surface area contributed by atoms with Gasteiger partial charge in [0.2, 0.25) is 5.89 Å². The summed E-state index contributed by atoms with van der Waals surface area (Å²) in [5.41, 5.74) is 0.533. The summed E-state index contributed by atoms with van der Waals surface area (Å²) in [7, 11) is 0. The number of rotatable bonds is 5. The third-order valence-corrected chi connectivity index (χ3v) is 3.29. The number of halogens is 3. The molecule has 0 amide bonds. The second kappa shape index (κ2) is 6.56. The van der Waals surface area contributed by atoms with Crippen molar-refractivity contribution in [2.75, 3.05) is 11.9 Å². The summed E-state index contributed by atoms with van der Waals surface area (Å²) in [6.07, 6.45) is 0. The maximum atomic E-state index is 6.10. The highest BCUT2D eigenvalue weighted by atomic mass is 79.9. The van der Waals surface area contributed by atoms with E-state index in [-0.39, 0.29) is 6.01 Å². The van der Waals surface area contributed by atoms with Crippen molar-refractivity contribution in [2.24, 2.45) is 0 Å². The molecule has 102 valence electrons. The number of benzene rings is 1. The van der Waals surface area contributed by atoms with Gasteiger partial charge in [0.05, 0.1) is 22.3 Å². The van der Waals surface area contributed by atoms with E-state index in [4.69, 9.17) is 27.6 Å². The van der Waals surface area contributed by atoms with Crippen molar-refractivity contribution in [2.45, 2.75) is 13.5 Å². The predicted molar refractivity (Wildman–Crippen MR) is 79.1 cm³/mol. The molecule has 0 fully saturated rings. The van der Waals surface area contributed by atoms with E-state index in [1.807, 2.05) is 6.92 Å². The molecule has 5 nitrogen and oxygen atoms in total. The van der Waals surface area contributed by atoms with Gasteiger partial charge in [-0.2, -0.15) is 0 Å². The van der Waals surface area contributed by atoms with Crippen molar-refractivity contribution in [3.63, 3.8) is 0 Å². The molecule has 1 heterocycles. The van der Waals surface area contributed by atoms with Crippen LogP contribution in [0.4, 0.5) is 11.7 Å². The number of aromatic nitrogens is 2. The average molecular weight is 366 g/mol. The first kappa shape index (κ1) is 14.6. The molecule has 0 bridgehead atoms. The number of nitrogens with one attached hydrogen (secondary N) is 2. The fraction of sp³-hybridized carbons (Fsp3) is 0.273. The van der Waals surface area contributed by atoms with Crippen molar-refractivity contribution >= 4 is 50.8 Å². The van der Waals surface area contributed by atoms with Crippen molar-refractivity contribution in [3.8, 4) is 0 Å². The van der Waals surface area contributed by atoms with Gasteiger partial charge in [-0.25, -0.2) is 0 Å². The summed E-state index contributed by atoms with van der Waals surface area (Å²) in [5.74, 6) is 0.494. The fourth-order valence-corrected chi connectivity index (χ4v) is 2.68. The molecule has 2 aromatic rings. The zero-order valence-electron chi connectivity index (χ0n) is 10.0. The zero-order valence-corrected chi connectivity index (χ0v) is 13.1. The van der Waals surface area contributed by atoms with Gasteiger partial charge in [0.25, 0.3) is 0 Å². The quantitative estimate of drug-likeness (QED) is 0.838. The summed E-state index contributed by atoms with van der Waals surface area (Å²) in [6, 6.07) is 3.70. The Balaban J connectivity index is 2.15. The van der Waals surface area contributed by atoms with Gasteiger partial charge in [-0.05, 0) is 18.7 Å². The van der Waals surface area contributed by atoms with Gasteiger partial charge in [0.15, 0.2) is 0 Å². The summed E-state index contributed by atoms with van der Waals surface area (Å²) >= 11 is 15.5. The Labute approximate surface area is 128 Å². The van der Waals surface area contributed by atoms with E-state index in [9.17, 15) is 0 Å². The van der Waals surface area contributed by atoms with Gasteiger partial charge in [-0.15, -0.1) is 5.10 Å². The average Bonchev–Trinajstić information content (AvgIpc) is 2.79. The van der Waals surface area contributed by atoms with Gasteiger partial charge < -0.3 is 15.1 Å². The van der Waals surface area contributed by atoms with E-state index in [1.165, 1.54) is 0 Å². The van der Waals surface area contributed by atoms with Crippen LogP contribution in [-0.2, 0) is 6.54 Å². The molecular formula is C11H11BrCl2N4O. The highest BCUT2D eigenvalue weighted by Gasteiger charge is 2.11. The lowest BCUT2D eigenvalue weighted by Gasteiger charge is -2.07. The molecule has 0 atom stereocenters. The maximum absolute atomic E-state index is 6.10. The first-order valence-electron chi connectivity index (χ1n) is 5.54. The third-order valence-electron chi connectivity index (χ3n) is 2.23. The largest absolute Gasteiger partial charge is 0.406 e. The van der Waals surface area contributed by atoms with Crippen molar-refractivity contribution in [1.29, 1.82) is 0 Å². The monoisotopic (exact) mass is 364 g/mol. The van der Waals surface area contributed by atoms with Crippen LogP contribution in [-0.4, -0.2) is 16.7 Å². The number of anilines is 2. The highest BCUT2D eigenvalue weighted by molar-refractivity contribution is 9.10. The van der Waals surface area contributed by atoms with Gasteiger partial charge in [0, 0.05) is 4.47 Å². The molecule has 0 spiro atoms. The first-order chi connectivity index (χ1) is 9.10. The van der Waals surface area contributed by atoms with Crippen LogP contribution in [0.25, 0.3) is 0 Å². The molecule has 0 saturated carbocycles. The smallest absolute Gasteiger partial charge is 0.320 e. The molecule has 0 aliphatic heterocycles. The van der Waals surface area contributed by atoms with Crippen LogP contribution in [0.15, 0.2) is 21.0 Å². The Morgan fingerprint density at radius 2 is 1.95 bits per heavy atom. The van der Waals surface area contributed by atoms with Crippen LogP contribution in [0.1, 0.15) is 12.8 Å². The number of nitrogens with zero attached hydrogens (tertiary/aromatic N) is 2. The van der Waals surface area contributed by atoms with Crippen LogP contribution in [0.3, 0.4) is 0 Å². The Morgan fingerprint density at radius 1 is 1.26 bits per heavy atom. The van der Waals surface area contributed by atoms with E-state index in [1.54, 1.807) is 12.1 Å². The van der Waals surface area contributed by atoms with E-state index in [2.05, 4.69) is 36.8 Å². The molecule has 2 rings (SSSR count). The Hall–Kier alpha value is -0.820. The molecule has 1 aromatic heterocycles. The van der Waals surface area contributed by atoms with Crippen LogP contribution in [0.2, 0.25) is 10.0 Å². The molecular weight excluding hydrogens is 355 g/mol. The molecule has 0 radical (unpaired) electrons. The molecule has 0 aliphatic carbocycles. The standard InChI is InChI=1S/C11H11BrCl2N4O/c1-2-15-5-9-17-18-11(19-9)16-10-7(13)3-6(12)4-8(10)14/h3-4,15H,2,5H2,1H3,(H,16,18). The predicted octanol–water partition coefficient (Wildman–Crippen LogP) is 3.99. The van der Waals surface area contributed by atoms with E-state index < -0.39 is 0 Å². The molecule has 0 aliphatic rings. The van der Waals surface area contributed by atoms with Crippen LogP contribution in [0.5, 0.6) is 0 Å². The Kier molecular flexibility index (Phi) is 5.04. The number of hydrogen-bond acceptors (Lipinski definition) is 5. The normalized spacial score (nSPS) is 10.7. The summed E-state index contributed by atoms with van der Waals surface area (Å²) in [4.78, 5) is 0. The highest BCUT2D eigenvalue weighted by Crippen LogP contribution is 2.35. The molecule has 19 heavy (non-hydrogen) atoms. The van der Waals surface area contributed by atoms with Crippen molar-refractivity contribution < 1.29 is 4.42 Å². The van der Waals surface area contributed by atoms with Gasteiger partial charge in [0.1, 0.15) is 0 Å². The molecule has 2 N–H and O–H groups in total. The first-order valence-corrected chi connectivity index (χ1v) is 7.09. The second-order valence-electron chi connectivity index (χ2n) is 3.65. The summed E-state index contributed by atoms with van der Waals surface area (Å²) < 4.78 is 6.20. The molecule has 1 aromatic carbocycles. The van der Waals surface area contributed by atoms with E-state index in [0.717, 1.165) is 11.0 Å². The van der Waals surface area contributed by atoms with E-state index in [0.29, 0.717) is 28.2 Å². The lowest BCUT2D eigenvalue weighted by molar-refractivity contribution is 0.484. The molecule has 8 heteroatoms. The van der Waals surface area contributed by atoms with Crippen LogP contribution in [0, 0.1) is 0 Å².